The van der Waals surface area contributed by atoms with Crippen molar-refractivity contribution < 1.29 is 14.3 Å². The van der Waals surface area contributed by atoms with E-state index in [9.17, 15) is 9.59 Å². The number of hydrogen-bond acceptors (Lipinski definition) is 4. The van der Waals surface area contributed by atoms with Crippen molar-refractivity contribution in [3.05, 3.63) is 0 Å². The molecule has 22 heavy (non-hydrogen) atoms. The predicted molar refractivity (Wildman–Crippen MR) is 84.6 cm³/mol. The average Bonchev–Trinajstić information content (AvgIpc) is 3.21. The van der Waals surface area contributed by atoms with Gasteiger partial charge < -0.3 is 20.3 Å². The van der Waals surface area contributed by atoms with Gasteiger partial charge in [0.1, 0.15) is 5.60 Å². The van der Waals surface area contributed by atoms with Crippen LogP contribution in [-0.2, 0) is 9.53 Å². The molecule has 2 N–H and O–H groups in total. The van der Waals surface area contributed by atoms with Gasteiger partial charge in [0.15, 0.2) is 0 Å². The summed E-state index contributed by atoms with van der Waals surface area (Å²) in [6.45, 7) is 8.34. The summed E-state index contributed by atoms with van der Waals surface area (Å²) >= 11 is 0. The Morgan fingerprint density at radius 3 is 2.32 bits per heavy atom. The van der Waals surface area contributed by atoms with Crippen molar-refractivity contribution in [3.63, 3.8) is 0 Å². The van der Waals surface area contributed by atoms with Crippen LogP contribution in [0.4, 0.5) is 4.79 Å². The molecular weight excluding hydrogens is 282 g/mol. The molecule has 1 aliphatic heterocycles. The predicted octanol–water partition coefficient (Wildman–Crippen LogP) is 1.50. The standard InChI is InChI=1S/C16H29N3O3/c1-16(2,3)22-15(21)19-8-6-12(7-9-19)10-17-11-14(20)18-13-4-5-13/h12-13,17H,4-11H2,1-3H3,(H,18,20). The molecule has 6 heteroatoms. The highest BCUT2D eigenvalue weighted by atomic mass is 16.6. The van der Waals surface area contributed by atoms with Crippen molar-refractivity contribution in [2.75, 3.05) is 26.2 Å². The molecule has 0 radical (unpaired) electrons. The van der Waals surface area contributed by atoms with E-state index in [0.717, 1.165) is 45.3 Å². The van der Waals surface area contributed by atoms with Crippen LogP contribution in [0.2, 0.25) is 0 Å². The lowest BCUT2D eigenvalue weighted by atomic mass is 9.97. The third-order valence-corrected chi connectivity index (χ3v) is 3.93. The summed E-state index contributed by atoms with van der Waals surface area (Å²) in [5.74, 6) is 0.612. The molecule has 2 rings (SSSR count). The van der Waals surface area contributed by atoms with Crippen molar-refractivity contribution in [2.45, 2.75) is 58.1 Å². The zero-order valence-electron chi connectivity index (χ0n) is 14.0. The number of piperidine rings is 1. The molecule has 0 aromatic heterocycles. The number of carbonyl (C=O) groups is 2. The largest absolute Gasteiger partial charge is 0.444 e. The van der Waals surface area contributed by atoms with Crippen LogP contribution < -0.4 is 10.6 Å². The van der Waals surface area contributed by atoms with E-state index in [-0.39, 0.29) is 12.0 Å². The molecule has 2 amide bonds. The highest BCUT2D eigenvalue weighted by molar-refractivity contribution is 5.78. The minimum atomic E-state index is -0.440. The SMILES string of the molecule is CC(C)(C)OC(=O)N1CCC(CNCC(=O)NC2CC2)CC1. The van der Waals surface area contributed by atoms with Gasteiger partial charge in [-0.15, -0.1) is 0 Å². The van der Waals surface area contributed by atoms with Crippen LogP contribution >= 0.6 is 0 Å². The van der Waals surface area contributed by atoms with Crippen molar-refractivity contribution in [3.8, 4) is 0 Å². The Bertz CT molecular complexity index is 394. The maximum atomic E-state index is 12.0. The first-order valence-corrected chi connectivity index (χ1v) is 8.31. The molecule has 1 heterocycles. The van der Waals surface area contributed by atoms with Crippen LogP contribution in [0.15, 0.2) is 0 Å². The van der Waals surface area contributed by atoms with Crippen LogP contribution in [0.3, 0.4) is 0 Å². The Labute approximate surface area is 132 Å². The Morgan fingerprint density at radius 1 is 1.14 bits per heavy atom. The molecule has 0 atom stereocenters. The third-order valence-electron chi connectivity index (χ3n) is 3.93. The zero-order chi connectivity index (χ0) is 16.2. The maximum Gasteiger partial charge on any atom is 0.410 e. The average molecular weight is 311 g/mol. The molecule has 1 aliphatic carbocycles. The molecule has 1 saturated heterocycles. The maximum absolute atomic E-state index is 12.0. The number of rotatable bonds is 5. The lowest BCUT2D eigenvalue weighted by Gasteiger charge is -2.33. The van der Waals surface area contributed by atoms with Crippen LogP contribution in [-0.4, -0.2) is 54.7 Å². The highest BCUT2D eigenvalue weighted by Gasteiger charge is 2.27. The molecule has 2 aliphatic rings. The van der Waals surface area contributed by atoms with Crippen molar-refractivity contribution >= 4 is 12.0 Å². The lowest BCUT2D eigenvalue weighted by molar-refractivity contribution is -0.120. The first-order valence-electron chi connectivity index (χ1n) is 8.31. The molecule has 2 fully saturated rings. The van der Waals surface area contributed by atoms with Crippen LogP contribution in [0, 0.1) is 5.92 Å². The van der Waals surface area contributed by atoms with Gasteiger partial charge >= 0.3 is 6.09 Å². The Morgan fingerprint density at radius 2 is 1.77 bits per heavy atom. The Hall–Kier alpha value is -1.30. The van der Waals surface area contributed by atoms with Gasteiger partial charge in [-0.3, -0.25) is 4.79 Å². The van der Waals surface area contributed by atoms with E-state index >= 15 is 0 Å². The number of nitrogens with zero attached hydrogens (tertiary/aromatic N) is 1. The summed E-state index contributed by atoms with van der Waals surface area (Å²) in [7, 11) is 0. The van der Waals surface area contributed by atoms with Gasteiger partial charge in [-0.25, -0.2) is 4.79 Å². The van der Waals surface area contributed by atoms with E-state index in [1.807, 2.05) is 20.8 Å². The van der Waals surface area contributed by atoms with E-state index in [0.29, 0.717) is 18.5 Å². The summed E-state index contributed by atoms with van der Waals surface area (Å²) < 4.78 is 5.39. The van der Waals surface area contributed by atoms with E-state index < -0.39 is 5.60 Å². The first-order chi connectivity index (χ1) is 10.3. The Kier molecular flexibility index (Phi) is 5.67. The number of hydrogen-bond donors (Lipinski definition) is 2. The fourth-order valence-corrected chi connectivity index (χ4v) is 2.54. The molecule has 126 valence electrons. The molecule has 6 nitrogen and oxygen atoms in total. The van der Waals surface area contributed by atoms with E-state index in [4.69, 9.17) is 4.74 Å². The zero-order valence-corrected chi connectivity index (χ0v) is 14.0. The number of amides is 2. The number of likely N-dealkylation sites (tertiary alicyclic amines) is 1. The highest BCUT2D eigenvalue weighted by Crippen LogP contribution is 2.19. The van der Waals surface area contributed by atoms with Gasteiger partial charge in [-0.2, -0.15) is 0 Å². The number of ether oxygens (including phenoxy) is 1. The van der Waals surface area contributed by atoms with E-state index in [1.165, 1.54) is 0 Å². The van der Waals surface area contributed by atoms with Crippen molar-refractivity contribution in [1.82, 2.24) is 15.5 Å². The second-order valence-corrected chi connectivity index (χ2v) is 7.38. The smallest absolute Gasteiger partial charge is 0.410 e. The first kappa shape index (κ1) is 17.1. The second kappa shape index (κ2) is 7.31. The van der Waals surface area contributed by atoms with Crippen molar-refractivity contribution in [2.24, 2.45) is 5.92 Å². The molecule has 0 aromatic rings. The number of carbonyl (C=O) groups excluding carboxylic acids is 2. The summed E-state index contributed by atoms with van der Waals surface area (Å²) in [4.78, 5) is 25.3. The molecule has 1 saturated carbocycles. The van der Waals surface area contributed by atoms with Gasteiger partial charge in [-0.1, -0.05) is 0 Å². The van der Waals surface area contributed by atoms with E-state index in [2.05, 4.69) is 10.6 Å². The molecular formula is C16H29N3O3. The quantitative estimate of drug-likeness (QED) is 0.807. The van der Waals surface area contributed by atoms with Gasteiger partial charge in [0, 0.05) is 19.1 Å². The second-order valence-electron chi connectivity index (χ2n) is 7.38. The summed E-state index contributed by atoms with van der Waals surface area (Å²) in [6.07, 6.45) is 3.93. The lowest BCUT2D eigenvalue weighted by Crippen LogP contribution is -2.44. The summed E-state index contributed by atoms with van der Waals surface area (Å²) in [5, 5.41) is 6.19. The third kappa shape index (κ3) is 6.22. The normalized spacial score (nSPS) is 19.9. The monoisotopic (exact) mass is 311 g/mol. The Balaban J connectivity index is 1.58. The molecule has 0 spiro atoms. The van der Waals surface area contributed by atoms with Crippen molar-refractivity contribution in [1.29, 1.82) is 0 Å². The van der Waals surface area contributed by atoms with Gasteiger partial charge in [0.25, 0.3) is 0 Å². The van der Waals surface area contributed by atoms with E-state index in [1.54, 1.807) is 4.90 Å². The molecule has 0 unspecified atom stereocenters. The fourth-order valence-electron chi connectivity index (χ4n) is 2.54. The fraction of sp³-hybridized carbons (Fsp3) is 0.875. The summed E-state index contributed by atoms with van der Waals surface area (Å²) in [5.41, 5.74) is -0.440. The van der Waals surface area contributed by atoms with Crippen LogP contribution in [0.1, 0.15) is 46.5 Å². The minimum absolute atomic E-state index is 0.0914. The van der Waals surface area contributed by atoms with Gasteiger partial charge in [0.05, 0.1) is 6.54 Å². The minimum Gasteiger partial charge on any atom is -0.444 e. The molecule has 0 aromatic carbocycles. The summed E-state index contributed by atoms with van der Waals surface area (Å²) in [6, 6.07) is 0.423. The van der Waals surface area contributed by atoms with Gasteiger partial charge in [0.2, 0.25) is 5.91 Å². The van der Waals surface area contributed by atoms with Crippen LogP contribution in [0.25, 0.3) is 0 Å². The van der Waals surface area contributed by atoms with Crippen LogP contribution in [0.5, 0.6) is 0 Å². The van der Waals surface area contributed by atoms with Gasteiger partial charge in [-0.05, 0) is 58.9 Å². The molecule has 0 bridgehead atoms. The topological polar surface area (TPSA) is 70.7 Å². The number of nitrogens with one attached hydrogen (secondary N) is 2.